The van der Waals surface area contributed by atoms with E-state index < -0.39 is 5.97 Å². The number of rotatable bonds is 16. The molecule has 1 rings (SSSR count). The molecule has 0 aliphatic heterocycles. The number of hydrogen-bond acceptors (Lipinski definition) is 7. The fourth-order valence-electron chi connectivity index (χ4n) is 3.24. The number of carbonyl (C=O) groups excluding carboxylic acids is 2. The third-order valence-corrected chi connectivity index (χ3v) is 6.19. The van der Waals surface area contributed by atoms with Crippen LogP contribution in [0.25, 0.3) is 0 Å². The van der Waals surface area contributed by atoms with Crippen molar-refractivity contribution in [3.8, 4) is 0 Å². The Kier molecular flexibility index (Phi) is 14.6. The first-order chi connectivity index (χ1) is 14.1. The van der Waals surface area contributed by atoms with E-state index in [4.69, 9.17) is 9.94 Å². The highest BCUT2D eigenvalue weighted by atomic mass is 32.2. The Bertz CT molecular complexity index is 547. The second-order valence-corrected chi connectivity index (χ2v) is 8.39. The Morgan fingerprint density at radius 1 is 1.17 bits per heavy atom. The number of carbonyl (C=O) groups is 2. The quantitative estimate of drug-likeness (QED) is 0.153. The van der Waals surface area contributed by atoms with Crippen LogP contribution in [0.1, 0.15) is 77.6 Å². The maximum absolute atomic E-state index is 11.8. The highest BCUT2D eigenvalue weighted by Gasteiger charge is 2.26. The molecule has 7 heteroatoms. The zero-order valence-electron chi connectivity index (χ0n) is 17.9. The maximum atomic E-state index is 11.8. The Morgan fingerprint density at radius 3 is 2.69 bits per heavy atom. The molecule has 0 aromatic rings. The first-order valence-electron chi connectivity index (χ1n) is 10.8. The van der Waals surface area contributed by atoms with E-state index in [1.807, 2.05) is 5.48 Å². The number of ether oxygens (including phenoxy) is 2. The van der Waals surface area contributed by atoms with Gasteiger partial charge in [0.1, 0.15) is 12.3 Å². The van der Waals surface area contributed by atoms with Crippen LogP contribution in [0.15, 0.2) is 22.8 Å². The molecule has 29 heavy (non-hydrogen) atoms. The summed E-state index contributed by atoms with van der Waals surface area (Å²) in [4.78, 5) is 24.1. The SMILES string of the molecule is CCCCCC/C=C/C1CCC(OC(=O)CNO)=C1SCCCCCC(=O)OC. The van der Waals surface area contributed by atoms with Crippen molar-refractivity contribution >= 4 is 23.7 Å². The summed E-state index contributed by atoms with van der Waals surface area (Å²) in [6.07, 6.45) is 15.6. The molecule has 166 valence electrons. The van der Waals surface area contributed by atoms with E-state index in [2.05, 4.69) is 23.8 Å². The molecule has 0 saturated carbocycles. The molecule has 0 spiro atoms. The zero-order valence-corrected chi connectivity index (χ0v) is 18.7. The van der Waals surface area contributed by atoms with Crippen molar-refractivity contribution in [3.05, 3.63) is 22.8 Å². The van der Waals surface area contributed by atoms with Gasteiger partial charge in [-0.2, -0.15) is 5.48 Å². The van der Waals surface area contributed by atoms with Crippen molar-refractivity contribution in [2.75, 3.05) is 19.4 Å². The number of allylic oxidation sites excluding steroid dienone is 4. The number of thioether (sulfide) groups is 1. The lowest BCUT2D eigenvalue weighted by molar-refractivity contribution is -0.141. The zero-order chi connectivity index (χ0) is 21.3. The van der Waals surface area contributed by atoms with Gasteiger partial charge in [-0.15, -0.1) is 11.8 Å². The molecule has 6 nitrogen and oxygen atoms in total. The molecule has 0 aromatic heterocycles. The largest absolute Gasteiger partial charge is 0.469 e. The third-order valence-electron chi connectivity index (χ3n) is 4.86. The van der Waals surface area contributed by atoms with Crippen molar-refractivity contribution < 1.29 is 24.3 Å². The van der Waals surface area contributed by atoms with Crippen LogP contribution in [0.4, 0.5) is 0 Å². The van der Waals surface area contributed by atoms with Crippen LogP contribution >= 0.6 is 11.8 Å². The van der Waals surface area contributed by atoms with Crippen molar-refractivity contribution in [3.63, 3.8) is 0 Å². The predicted octanol–water partition coefficient (Wildman–Crippen LogP) is 5.12. The van der Waals surface area contributed by atoms with Gasteiger partial charge >= 0.3 is 11.9 Å². The molecule has 1 aliphatic carbocycles. The van der Waals surface area contributed by atoms with Gasteiger partial charge in [0.2, 0.25) is 0 Å². The van der Waals surface area contributed by atoms with Crippen LogP contribution in [0, 0.1) is 5.92 Å². The summed E-state index contributed by atoms with van der Waals surface area (Å²) in [5.74, 6) is 1.34. The average Bonchev–Trinajstić information content (AvgIpc) is 3.08. The third kappa shape index (κ3) is 11.5. The summed E-state index contributed by atoms with van der Waals surface area (Å²) >= 11 is 1.75. The molecule has 2 N–H and O–H groups in total. The van der Waals surface area contributed by atoms with Gasteiger partial charge in [-0.3, -0.25) is 9.59 Å². The number of hydrogen-bond donors (Lipinski definition) is 2. The smallest absolute Gasteiger partial charge is 0.327 e. The Balaban J connectivity index is 2.53. The van der Waals surface area contributed by atoms with Crippen LogP contribution in [0.5, 0.6) is 0 Å². The number of unbranched alkanes of at least 4 members (excludes halogenated alkanes) is 6. The first-order valence-corrected chi connectivity index (χ1v) is 11.8. The Hall–Kier alpha value is -1.31. The van der Waals surface area contributed by atoms with E-state index in [1.165, 1.54) is 32.8 Å². The minimum absolute atomic E-state index is 0.160. The molecule has 0 saturated heterocycles. The second kappa shape index (κ2) is 16.5. The van der Waals surface area contributed by atoms with Crippen molar-refractivity contribution in [1.29, 1.82) is 0 Å². The summed E-state index contributed by atoms with van der Waals surface area (Å²) in [6, 6.07) is 0. The minimum atomic E-state index is -0.470. The number of methoxy groups -OCH3 is 1. The molecule has 1 unspecified atom stereocenters. The summed E-state index contributed by atoms with van der Waals surface area (Å²) in [5.41, 5.74) is 1.85. The maximum Gasteiger partial charge on any atom is 0.327 e. The van der Waals surface area contributed by atoms with Crippen molar-refractivity contribution in [2.24, 2.45) is 5.92 Å². The lowest BCUT2D eigenvalue weighted by Gasteiger charge is -2.12. The summed E-state index contributed by atoms with van der Waals surface area (Å²) < 4.78 is 10.1. The number of hydroxylamine groups is 1. The monoisotopic (exact) mass is 427 g/mol. The molecule has 0 radical (unpaired) electrons. The molecule has 0 amide bonds. The topological polar surface area (TPSA) is 84.9 Å². The lowest BCUT2D eigenvalue weighted by Crippen LogP contribution is -2.21. The van der Waals surface area contributed by atoms with E-state index >= 15 is 0 Å². The molecular formula is C22H37NO5S. The highest BCUT2D eigenvalue weighted by Crippen LogP contribution is 2.41. The van der Waals surface area contributed by atoms with Gasteiger partial charge in [-0.05, 0) is 37.9 Å². The van der Waals surface area contributed by atoms with Crippen LogP contribution in [-0.2, 0) is 19.1 Å². The van der Waals surface area contributed by atoms with E-state index in [0.29, 0.717) is 12.3 Å². The minimum Gasteiger partial charge on any atom is -0.469 e. The average molecular weight is 428 g/mol. The van der Waals surface area contributed by atoms with Gasteiger partial charge in [-0.25, -0.2) is 0 Å². The van der Waals surface area contributed by atoms with Gasteiger partial charge in [0.25, 0.3) is 0 Å². The van der Waals surface area contributed by atoms with Crippen LogP contribution in [-0.4, -0.2) is 36.6 Å². The standard InChI is InChI=1S/C22H37NO5S/c1-3-4-5-6-7-9-12-18-14-15-19(28-21(25)17-23-26)22(18)29-16-11-8-10-13-20(24)27-2/h9,12,18,23,26H,3-8,10-11,13-17H2,1-2H3/b12-9+. The normalized spacial score (nSPS) is 16.6. The van der Waals surface area contributed by atoms with E-state index in [0.717, 1.165) is 54.9 Å². The first kappa shape index (κ1) is 25.7. The van der Waals surface area contributed by atoms with Gasteiger partial charge in [0, 0.05) is 23.7 Å². The van der Waals surface area contributed by atoms with E-state index in [-0.39, 0.29) is 12.5 Å². The summed E-state index contributed by atoms with van der Waals surface area (Å²) in [5, 5.41) is 8.70. The van der Waals surface area contributed by atoms with Gasteiger partial charge < -0.3 is 14.7 Å². The molecular weight excluding hydrogens is 390 g/mol. The van der Waals surface area contributed by atoms with Crippen molar-refractivity contribution in [2.45, 2.75) is 77.6 Å². The molecule has 0 fully saturated rings. The fraction of sp³-hybridized carbons (Fsp3) is 0.727. The Morgan fingerprint density at radius 2 is 1.97 bits per heavy atom. The molecule has 1 aliphatic rings. The number of esters is 2. The van der Waals surface area contributed by atoms with Gasteiger partial charge in [-0.1, -0.05) is 44.8 Å². The summed E-state index contributed by atoms with van der Waals surface area (Å²) in [6.45, 7) is 2.00. The van der Waals surface area contributed by atoms with E-state index in [9.17, 15) is 9.59 Å². The lowest BCUT2D eigenvalue weighted by atomic mass is 10.1. The Labute approximate surface area is 179 Å². The predicted molar refractivity (Wildman–Crippen MR) is 116 cm³/mol. The van der Waals surface area contributed by atoms with Crippen LogP contribution < -0.4 is 5.48 Å². The van der Waals surface area contributed by atoms with Gasteiger partial charge in [0.15, 0.2) is 0 Å². The number of nitrogens with one attached hydrogen (secondary N) is 1. The highest BCUT2D eigenvalue weighted by molar-refractivity contribution is 8.03. The van der Waals surface area contributed by atoms with Crippen LogP contribution in [0.2, 0.25) is 0 Å². The molecule has 1 atom stereocenters. The van der Waals surface area contributed by atoms with Crippen molar-refractivity contribution in [1.82, 2.24) is 5.48 Å². The molecule has 0 aromatic carbocycles. The summed E-state index contributed by atoms with van der Waals surface area (Å²) in [7, 11) is 1.41. The van der Waals surface area contributed by atoms with E-state index in [1.54, 1.807) is 11.8 Å². The van der Waals surface area contributed by atoms with Crippen LogP contribution in [0.3, 0.4) is 0 Å². The second-order valence-electron chi connectivity index (χ2n) is 7.25. The molecule has 0 bridgehead atoms. The fourth-order valence-corrected chi connectivity index (χ4v) is 4.52. The molecule has 0 heterocycles. The van der Waals surface area contributed by atoms with Gasteiger partial charge in [0.05, 0.1) is 7.11 Å².